The van der Waals surface area contributed by atoms with Crippen LogP contribution in [0.2, 0.25) is 0 Å². The average Bonchev–Trinajstić information content (AvgIpc) is 2.28. The summed E-state index contributed by atoms with van der Waals surface area (Å²) in [5.74, 6) is 0. The highest BCUT2D eigenvalue weighted by Crippen LogP contribution is 2.18. The molecule has 2 atom stereocenters. The van der Waals surface area contributed by atoms with Crippen molar-refractivity contribution >= 4 is 0 Å². The maximum atomic E-state index is 5.44. The summed E-state index contributed by atoms with van der Waals surface area (Å²) in [7, 11) is 3.54. The predicted octanol–water partition coefficient (Wildman–Crippen LogP) is 2.59. The smallest absolute Gasteiger partial charge is 0.0696 e. The minimum absolute atomic E-state index is 0.0421. The summed E-state index contributed by atoms with van der Waals surface area (Å²) >= 11 is 0. The third-order valence-corrected chi connectivity index (χ3v) is 3.20. The van der Waals surface area contributed by atoms with Crippen LogP contribution in [-0.2, 0) is 9.47 Å². The minimum atomic E-state index is -0.0421. The summed E-state index contributed by atoms with van der Waals surface area (Å²) < 4.78 is 10.8. The predicted molar refractivity (Wildman–Crippen MR) is 68.9 cm³/mol. The number of hydrogen-bond donors (Lipinski definition) is 1. The Kier molecular flexibility index (Phi) is 7.98. The molecule has 0 spiro atoms. The van der Waals surface area contributed by atoms with E-state index in [2.05, 4.69) is 33.0 Å². The second-order valence-electron chi connectivity index (χ2n) is 5.00. The van der Waals surface area contributed by atoms with E-state index in [0.717, 1.165) is 25.8 Å². The summed E-state index contributed by atoms with van der Waals surface area (Å²) in [4.78, 5) is 0. The second-order valence-corrected chi connectivity index (χ2v) is 5.00. The Hall–Kier alpha value is -0.120. The molecule has 0 radical (unpaired) electrons. The van der Waals surface area contributed by atoms with Gasteiger partial charge in [-0.2, -0.15) is 0 Å². The van der Waals surface area contributed by atoms with E-state index in [1.165, 1.54) is 0 Å². The van der Waals surface area contributed by atoms with E-state index in [4.69, 9.17) is 9.47 Å². The number of methoxy groups -OCH3 is 2. The fraction of sp³-hybridized carbons (Fsp3) is 1.00. The lowest BCUT2D eigenvalue weighted by Gasteiger charge is -2.29. The molecule has 0 aromatic heterocycles. The molecule has 1 N–H and O–H groups in total. The second kappa shape index (κ2) is 8.04. The van der Waals surface area contributed by atoms with E-state index in [9.17, 15) is 0 Å². The van der Waals surface area contributed by atoms with Gasteiger partial charge in [0.25, 0.3) is 0 Å². The van der Waals surface area contributed by atoms with Crippen LogP contribution in [0.4, 0.5) is 0 Å². The van der Waals surface area contributed by atoms with Crippen molar-refractivity contribution in [2.24, 2.45) is 0 Å². The van der Waals surface area contributed by atoms with Gasteiger partial charge in [0.1, 0.15) is 0 Å². The van der Waals surface area contributed by atoms with Crippen molar-refractivity contribution in [3.63, 3.8) is 0 Å². The molecular formula is C13H29NO2. The van der Waals surface area contributed by atoms with Crippen molar-refractivity contribution in [3.05, 3.63) is 0 Å². The summed E-state index contributed by atoms with van der Waals surface area (Å²) in [6.07, 6.45) is 3.52. The summed E-state index contributed by atoms with van der Waals surface area (Å²) in [5, 5.41) is 3.54. The Morgan fingerprint density at radius 2 is 1.88 bits per heavy atom. The normalized spacial score (nSPS) is 16.1. The fourth-order valence-corrected chi connectivity index (χ4v) is 1.60. The standard InChI is InChI=1S/C13H29NO2/c1-7-10-14-12(11(2)15-5)8-9-13(3,4)16-6/h11-12,14H,7-10H2,1-6H3. The van der Waals surface area contributed by atoms with Crippen molar-refractivity contribution in [2.75, 3.05) is 20.8 Å². The van der Waals surface area contributed by atoms with Gasteiger partial charge >= 0.3 is 0 Å². The molecule has 0 aliphatic carbocycles. The molecule has 2 unspecified atom stereocenters. The molecule has 0 aromatic rings. The zero-order valence-corrected chi connectivity index (χ0v) is 11.8. The lowest BCUT2D eigenvalue weighted by Crippen LogP contribution is -2.41. The molecule has 0 aliphatic rings. The van der Waals surface area contributed by atoms with E-state index in [1.807, 2.05) is 0 Å². The van der Waals surface area contributed by atoms with E-state index in [0.29, 0.717) is 6.04 Å². The number of rotatable bonds is 9. The van der Waals surface area contributed by atoms with Gasteiger partial charge in [-0.15, -0.1) is 0 Å². The van der Waals surface area contributed by atoms with Gasteiger partial charge in [0.2, 0.25) is 0 Å². The Labute approximate surface area is 101 Å². The quantitative estimate of drug-likeness (QED) is 0.661. The molecule has 0 saturated heterocycles. The molecular weight excluding hydrogens is 202 g/mol. The van der Waals surface area contributed by atoms with Gasteiger partial charge in [-0.25, -0.2) is 0 Å². The number of hydrogen-bond acceptors (Lipinski definition) is 3. The van der Waals surface area contributed by atoms with Crippen LogP contribution in [0.5, 0.6) is 0 Å². The highest BCUT2D eigenvalue weighted by atomic mass is 16.5. The largest absolute Gasteiger partial charge is 0.380 e. The molecule has 0 saturated carbocycles. The van der Waals surface area contributed by atoms with Crippen LogP contribution in [0.3, 0.4) is 0 Å². The van der Waals surface area contributed by atoms with Gasteiger partial charge in [0, 0.05) is 20.3 Å². The maximum Gasteiger partial charge on any atom is 0.0696 e. The summed E-state index contributed by atoms with van der Waals surface area (Å²) in [6, 6.07) is 0.416. The first-order valence-corrected chi connectivity index (χ1v) is 6.28. The van der Waals surface area contributed by atoms with E-state index >= 15 is 0 Å². The maximum absolute atomic E-state index is 5.44. The Morgan fingerprint density at radius 3 is 2.31 bits per heavy atom. The third-order valence-electron chi connectivity index (χ3n) is 3.20. The zero-order valence-electron chi connectivity index (χ0n) is 11.8. The molecule has 0 heterocycles. The van der Waals surface area contributed by atoms with Crippen LogP contribution >= 0.6 is 0 Å². The fourth-order valence-electron chi connectivity index (χ4n) is 1.60. The minimum Gasteiger partial charge on any atom is -0.380 e. The van der Waals surface area contributed by atoms with Crippen LogP contribution in [0, 0.1) is 0 Å². The van der Waals surface area contributed by atoms with E-state index in [-0.39, 0.29) is 11.7 Å². The van der Waals surface area contributed by atoms with Gasteiger partial charge in [0.15, 0.2) is 0 Å². The number of nitrogens with one attached hydrogen (secondary N) is 1. The van der Waals surface area contributed by atoms with Crippen LogP contribution in [0.15, 0.2) is 0 Å². The van der Waals surface area contributed by atoms with Crippen LogP contribution in [-0.4, -0.2) is 38.5 Å². The molecule has 3 heteroatoms. The van der Waals surface area contributed by atoms with Crippen molar-refractivity contribution in [1.82, 2.24) is 5.32 Å². The molecule has 3 nitrogen and oxygen atoms in total. The summed E-state index contributed by atoms with van der Waals surface area (Å²) in [5.41, 5.74) is -0.0421. The van der Waals surface area contributed by atoms with Gasteiger partial charge in [-0.1, -0.05) is 6.92 Å². The topological polar surface area (TPSA) is 30.5 Å². The van der Waals surface area contributed by atoms with E-state index in [1.54, 1.807) is 14.2 Å². The molecule has 0 rings (SSSR count). The van der Waals surface area contributed by atoms with Crippen molar-refractivity contribution in [3.8, 4) is 0 Å². The molecule has 16 heavy (non-hydrogen) atoms. The van der Waals surface area contributed by atoms with Crippen LogP contribution in [0.25, 0.3) is 0 Å². The Bertz CT molecular complexity index is 171. The lowest BCUT2D eigenvalue weighted by molar-refractivity contribution is 0.00415. The summed E-state index contributed by atoms with van der Waals surface area (Å²) in [6.45, 7) is 9.60. The highest BCUT2D eigenvalue weighted by Gasteiger charge is 2.22. The van der Waals surface area contributed by atoms with Gasteiger partial charge in [0.05, 0.1) is 11.7 Å². The Morgan fingerprint density at radius 1 is 1.25 bits per heavy atom. The van der Waals surface area contributed by atoms with Crippen molar-refractivity contribution < 1.29 is 9.47 Å². The van der Waals surface area contributed by atoms with E-state index < -0.39 is 0 Å². The molecule has 0 amide bonds. The molecule has 0 aromatic carbocycles. The van der Waals surface area contributed by atoms with Crippen molar-refractivity contribution in [1.29, 1.82) is 0 Å². The van der Waals surface area contributed by atoms with Crippen LogP contribution in [0.1, 0.15) is 47.0 Å². The van der Waals surface area contributed by atoms with Crippen molar-refractivity contribution in [2.45, 2.75) is 64.7 Å². The molecule has 0 fully saturated rings. The van der Waals surface area contributed by atoms with Crippen LogP contribution < -0.4 is 5.32 Å². The molecule has 0 bridgehead atoms. The molecule has 98 valence electrons. The SMILES string of the molecule is CCCNC(CCC(C)(C)OC)C(C)OC. The van der Waals surface area contributed by atoms with Gasteiger partial charge in [-0.3, -0.25) is 0 Å². The first kappa shape index (κ1) is 15.9. The first-order chi connectivity index (χ1) is 7.46. The lowest BCUT2D eigenvalue weighted by atomic mass is 9.96. The highest BCUT2D eigenvalue weighted by molar-refractivity contribution is 4.78. The third kappa shape index (κ3) is 6.46. The number of ether oxygens (including phenoxy) is 2. The zero-order chi connectivity index (χ0) is 12.6. The first-order valence-electron chi connectivity index (χ1n) is 6.28. The average molecular weight is 231 g/mol. The van der Waals surface area contributed by atoms with Gasteiger partial charge in [-0.05, 0) is 46.6 Å². The van der Waals surface area contributed by atoms with Gasteiger partial charge < -0.3 is 14.8 Å². The monoisotopic (exact) mass is 231 g/mol. The Balaban J connectivity index is 4.10. The molecule has 0 aliphatic heterocycles.